The third-order valence-corrected chi connectivity index (χ3v) is 8.50. The molecule has 0 unspecified atom stereocenters. The van der Waals surface area contributed by atoms with E-state index in [1.54, 1.807) is 30.4 Å². The first-order valence-electron chi connectivity index (χ1n) is 12.7. The second-order valence-corrected chi connectivity index (χ2v) is 11.5. The fourth-order valence-electron chi connectivity index (χ4n) is 4.33. The number of aryl methyl sites for hydroxylation is 3. The molecule has 0 aliphatic carbocycles. The lowest BCUT2D eigenvalue weighted by Crippen LogP contribution is -2.15. The maximum Gasteiger partial charge on any atom is 0.268 e. The molecule has 0 atom stereocenters. The predicted octanol–water partition coefficient (Wildman–Crippen LogP) is 7.09. The highest BCUT2D eigenvalue weighted by molar-refractivity contribution is 8.00. The number of rotatable bonds is 9. The van der Waals surface area contributed by atoms with E-state index in [2.05, 4.69) is 79.6 Å². The number of carbonyl (C=O) groups is 1. The number of oxazole rings is 1. The van der Waals surface area contributed by atoms with Gasteiger partial charge in [0.05, 0.1) is 27.0 Å². The second kappa shape index (κ2) is 11.4. The van der Waals surface area contributed by atoms with Crippen molar-refractivity contribution in [1.29, 1.82) is 0 Å². The van der Waals surface area contributed by atoms with E-state index in [-0.39, 0.29) is 5.91 Å². The minimum absolute atomic E-state index is 0.221. The number of imidazole rings is 1. The Morgan fingerprint density at radius 2 is 1.95 bits per heavy atom. The number of amides is 1. The average molecular weight is 567 g/mol. The van der Waals surface area contributed by atoms with Gasteiger partial charge in [-0.25, -0.2) is 9.97 Å². The molecule has 0 fully saturated rings. The molecule has 0 saturated carbocycles. The van der Waals surface area contributed by atoms with E-state index in [1.165, 1.54) is 23.3 Å². The number of nitrogens with zero attached hydrogens (tertiary/aromatic N) is 5. The summed E-state index contributed by atoms with van der Waals surface area (Å²) in [6, 6.07) is 22.3. The van der Waals surface area contributed by atoms with Crippen LogP contribution in [0, 0.1) is 6.92 Å². The number of thiophene rings is 1. The Kier molecular flexibility index (Phi) is 7.35. The van der Waals surface area contributed by atoms with Crippen molar-refractivity contribution < 1.29 is 9.21 Å². The van der Waals surface area contributed by atoms with Crippen LogP contribution in [0.3, 0.4) is 0 Å². The fraction of sp³-hybridized carbons (Fsp3) is 0.133. The third kappa shape index (κ3) is 5.63. The minimum Gasteiger partial charge on any atom is -0.443 e. The highest BCUT2D eigenvalue weighted by Gasteiger charge is 2.18. The quantitative estimate of drug-likeness (QED) is 0.187. The zero-order valence-electron chi connectivity index (χ0n) is 21.9. The second-order valence-electron chi connectivity index (χ2n) is 9.26. The third-order valence-electron chi connectivity index (χ3n) is 6.44. The molecule has 6 aromatic rings. The molecule has 6 rings (SSSR count). The van der Waals surface area contributed by atoms with Crippen molar-refractivity contribution in [2.24, 2.45) is 0 Å². The molecule has 200 valence electrons. The predicted molar refractivity (Wildman–Crippen MR) is 161 cm³/mol. The molecule has 10 heteroatoms. The van der Waals surface area contributed by atoms with E-state index in [0.29, 0.717) is 23.1 Å². The van der Waals surface area contributed by atoms with Crippen molar-refractivity contribution >= 4 is 51.9 Å². The van der Waals surface area contributed by atoms with Crippen LogP contribution in [0.1, 0.15) is 20.8 Å². The number of hydrogen-bond acceptors (Lipinski definition) is 8. The van der Waals surface area contributed by atoms with E-state index in [4.69, 9.17) is 9.40 Å². The molecule has 8 nitrogen and oxygen atoms in total. The zero-order valence-corrected chi connectivity index (χ0v) is 23.6. The molecule has 0 spiro atoms. The summed E-state index contributed by atoms with van der Waals surface area (Å²) in [6.07, 6.45) is 7.40. The van der Waals surface area contributed by atoms with Gasteiger partial charge in [-0.3, -0.25) is 15.1 Å². The monoisotopic (exact) mass is 566 g/mol. The number of benzene rings is 2. The van der Waals surface area contributed by atoms with Gasteiger partial charge in [0.1, 0.15) is 0 Å². The van der Waals surface area contributed by atoms with Crippen molar-refractivity contribution in [2.45, 2.75) is 24.8 Å². The van der Waals surface area contributed by atoms with Gasteiger partial charge in [-0.05, 0) is 79.4 Å². The Labute approximate surface area is 239 Å². The molecule has 2 aromatic carbocycles. The first-order chi connectivity index (χ1) is 19.5. The van der Waals surface area contributed by atoms with Crippen molar-refractivity contribution in [3.63, 3.8) is 0 Å². The van der Waals surface area contributed by atoms with E-state index in [9.17, 15) is 4.79 Å². The minimum atomic E-state index is -0.221. The van der Waals surface area contributed by atoms with Gasteiger partial charge in [-0.15, -0.1) is 11.3 Å². The van der Waals surface area contributed by atoms with Gasteiger partial charge in [0, 0.05) is 36.6 Å². The van der Waals surface area contributed by atoms with Gasteiger partial charge in [-0.2, -0.15) is 0 Å². The number of pyridine rings is 1. The number of fused-ring (bicyclic) bond motifs is 1. The van der Waals surface area contributed by atoms with E-state index in [1.807, 2.05) is 25.4 Å². The van der Waals surface area contributed by atoms with Crippen LogP contribution in [0.15, 0.2) is 101 Å². The maximum absolute atomic E-state index is 13.3. The van der Waals surface area contributed by atoms with Crippen molar-refractivity contribution in [3.8, 4) is 10.6 Å². The smallest absolute Gasteiger partial charge is 0.268 e. The Bertz CT molecular complexity index is 1740. The highest BCUT2D eigenvalue weighted by Crippen LogP contribution is 2.32. The number of anilines is 2. The number of hydrogen-bond donors (Lipinski definition) is 1. The summed E-state index contributed by atoms with van der Waals surface area (Å²) in [4.78, 5) is 28.9. The summed E-state index contributed by atoms with van der Waals surface area (Å²) in [7, 11) is 2.04. The lowest BCUT2D eigenvalue weighted by Gasteiger charge is -2.18. The Morgan fingerprint density at radius 1 is 1.07 bits per heavy atom. The Hall–Kier alpha value is -4.41. The maximum atomic E-state index is 13.3. The Balaban J connectivity index is 1.28. The first-order valence-corrected chi connectivity index (χ1v) is 14.3. The van der Waals surface area contributed by atoms with E-state index < -0.39 is 0 Å². The molecule has 0 saturated heterocycles. The summed E-state index contributed by atoms with van der Waals surface area (Å²) in [5.74, 6) is 0.915. The van der Waals surface area contributed by atoms with Crippen LogP contribution in [0.25, 0.3) is 21.7 Å². The summed E-state index contributed by atoms with van der Waals surface area (Å²) in [5.41, 5.74) is 5.12. The molecule has 1 amide bonds. The van der Waals surface area contributed by atoms with Gasteiger partial charge in [-0.1, -0.05) is 23.8 Å². The molecule has 0 bridgehead atoms. The van der Waals surface area contributed by atoms with Gasteiger partial charge >= 0.3 is 0 Å². The van der Waals surface area contributed by atoms with Crippen molar-refractivity contribution in [1.82, 2.24) is 19.5 Å². The lowest BCUT2D eigenvalue weighted by molar-refractivity contribution is 0.102. The molecule has 0 radical (unpaired) electrons. The van der Waals surface area contributed by atoms with Crippen LogP contribution in [0.4, 0.5) is 11.6 Å². The Morgan fingerprint density at radius 3 is 2.73 bits per heavy atom. The van der Waals surface area contributed by atoms with Crippen LogP contribution in [-0.4, -0.2) is 32.5 Å². The van der Waals surface area contributed by atoms with Crippen molar-refractivity contribution in [3.05, 3.63) is 108 Å². The van der Waals surface area contributed by atoms with Gasteiger partial charge < -0.3 is 13.3 Å². The average Bonchev–Trinajstić information content (AvgIpc) is 3.73. The molecule has 4 heterocycles. The zero-order chi connectivity index (χ0) is 27.5. The fourth-order valence-corrected chi connectivity index (χ4v) is 5.97. The largest absolute Gasteiger partial charge is 0.443 e. The summed E-state index contributed by atoms with van der Waals surface area (Å²) < 4.78 is 9.55. The SMILES string of the molecule is Cc1ccc(SN(C)c2ccc3c(c2)nc(NC(=O)c2ccc(-c4cnco4)s2)n3CCc2cccnc2)cc1. The van der Waals surface area contributed by atoms with Crippen LogP contribution in [0.2, 0.25) is 0 Å². The van der Waals surface area contributed by atoms with Crippen LogP contribution in [-0.2, 0) is 13.0 Å². The van der Waals surface area contributed by atoms with Crippen molar-refractivity contribution in [2.75, 3.05) is 16.7 Å². The van der Waals surface area contributed by atoms with E-state index in [0.717, 1.165) is 38.5 Å². The molecule has 40 heavy (non-hydrogen) atoms. The molecular weight excluding hydrogens is 541 g/mol. The first kappa shape index (κ1) is 25.8. The van der Waals surface area contributed by atoms with Gasteiger partial charge in [0.15, 0.2) is 12.2 Å². The molecular formula is C30H26N6O2S2. The van der Waals surface area contributed by atoms with Crippen LogP contribution in [0.5, 0.6) is 0 Å². The summed E-state index contributed by atoms with van der Waals surface area (Å²) >= 11 is 3.00. The van der Waals surface area contributed by atoms with Gasteiger partial charge in [0.2, 0.25) is 5.95 Å². The number of carbonyl (C=O) groups excluding carboxylic acids is 1. The van der Waals surface area contributed by atoms with Gasteiger partial charge in [0.25, 0.3) is 5.91 Å². The van der Waals surface area contributed by atoms with Crippen LogP contribution < -0.4 is 9.62 Å². The topological polar surface area (TPSA) is 89.1 Å². The molecule has 4 aromatic heterocycles. The number of nitrogens with one attached hydrogen (secondary N) is 1. The number of aromatic nitrogens is 4. The normalized spacial score (nSPS) is 11.2. The van der Waals surface area contributed by atoms with E-state index >= 15 is 0 Å². The standard InChI is InChI=1S/C30H26N6O2S2/c1-20-5-8-23(9-6-20)40-35(2)22-7-10-25-24(16-22)33-30(36(25)15-13-21-4-3-14-31-17-21)34-29(37)28-12-11-27(39-28)26-18-32-19-38-26/h3-12,14,16-19H,13,15H2,1-2H3,(H,33,34,37). The summed E-state index contributed by atoms with van der Waals surface area (Å²) in [6.45, 7) is 2.72. The van der Waals surface area contributed by atoms with Crippen LogP contribution >= 0.6 is 23.3 Å². The highest BCUT2D eigenvalue weighted by atomic mass is 32.2. The molecule has 0 aliphatic rings. The summed E-state index contributed by atoms with van der Waals surface area (Å²) in [5, 5.41) is 3.05. The molecule has 1 N–H and O–H groups in total. The molecule has 0 aliphatic heterocycles. The lowest BCUT2D eigenvalue weighted by atomic mass is 10.2.